The molecule has 0 heterocycles. The van der Waals surface area contributed by atoms with E-state index in [-0.39, 0.29) is 23.4 Å². The van der Waals surface area contributed by atoms with E-state index in [4.69, 9.17) is 11.6 Å². The molecule has 3 rings (SSSR count). The lowest BCUT2D eigenvalue weighted by molar-refractivity contribution is -0.139. The summed E-state index contributed by atoms with van der Waals surface area (Å²) in [6.07, 6.45) is 0. The molecule has 1 N–H and O–H groups in total. The zero-order valence-electron chi connectivity index (χ0n) is 23.2. The van der Waals surface area contributed by atoms with Gasteiger partial charge in [0.15, 0.2) is 0 Å². The number of carbonyl (C=O) groups excluding carboxylic acids is 2. The van der Waals surface area contributed by atoms with E-state index in [1.807, 2.05) is 52.0 Å². The monoisotopic (exact) mass is 569 g/mol. The predicted molar refractivity (Wildman–Crippen MR) is 156 cm³/mol. The van der Waals surface area contributed by atoms with Gasteiger partial charge in [-0.3, -0.25) is 13.9 Å². The molecule has 3 aromatic carbocycles. The Morgan fingerprint density at radius 1 is 0.872 bits per heavy atom. The van der Waals surface area contributed by atoms with Crippen LogP contribution in [0.15, 0.2) is 71.6 Å². The van der Waals surface area contributed by atoms with E-state index >= 15 is 0 Å². The van der Waals surface area contributed by atoms with Gasteiger partial charge in [0.1, 0.15) is 12.6 Å². The maximum absolute atomic E-state index is 14.0. The summed E-state index contributed by atoms with van der Waals surface area (Å²) in [4.78, 5) is 28.4. The highest BCUT2D eigenvalue weighted by Crippen LogP contribution is 2.31. The maximum atomic E-state index is 14.0. The number of halogens is 1. The van der Waals surface area contributed by atoms with Gasteiger partial charge in [-0.05, 0) is 76.9 Å². The number of hydrogen-bond donors (Lipinski definition) is 1. The van der Waals surface area contributed by atoms with Crippen molar-refractivity contribution in [3.63, 3.8) is 0 Å². The highest BCUT2D eigenvalue weighted by molar-refractivity contribution is 7.92. The van der Waals surface area contributed by atoms with Gasteiger partial charge in [0.05, 0.1) is 10.6 Å². The molecule has 0 aromatic heterocycles. The molecule has 2 amide bonds. The molecule has 9 heteroatoms. The fraction of sp³-hybridized carbons (Fsp3) is 0.333. The molecule has 0 saturated heterocycles. The molecule has 0 spiro atoms. The lowest BCUT2D eigenvalue weighted by Gasteiger charge is -2.33. The molecule has 208 valence electrons. The van der Waals surface area contributed by atoms with Crippen LogP contribution in [0.2, 0.25) is 5.02 Å². The predicted octanol–water partition coefficient (Wildman–Crippen LogP) is 5.40. The quantitative estimate of drug-likeness (QED) is 0.354. The maximum Gasteiger partial charge on any atom is 0.264 e. The van der Waals surface area contributed by atoms with E-state index in [1.165, 1.54) is 17.0 Å². The summed E-state index contributed by atoms with van der Waals surface area (Å²) in [5, 5.41) is 3.23. The van der Waals surface area contributed by atoms with Gasteiger partial charge >= 0.3 is 0 Å². The summed E-state index contributed by atoms with van der Waals surface area (Å²) in [5.41, 5.74) is 3.62. The van der Waals surface area contributed by atoms with Crippen molar-refractivity contribution in [3.8, 4) is 0 Å². The largest absolute Gasteiger partial charge is 0.352 e. The number of nitrogens with zero attached hydrogens (tertiary/aromatic N) is 2. The van der Waals surface area contributed by atoms with Crippen molar-refractivity contribution in [2.24, 2.45) is 0 Å². The first-order chi connectivity index (χ1) is 18.3. The van der Waals surface area contributed by atoms with Crippen LogP contribution in [-0.4, -0.2) is 43.8 Å². The Morgan fingerprint density at radius 3 is 2.00 bits per heavy atom. The third-order valence-corrected chi connectivity index (χ3v) is 8.65. The summed E-state index contributed by atoms with van der Waals surface area (Å²) in [6.45, 7) is 10.5. The minimum Gasteiger partial charge on any atom is -0.352 e. The van der Waals surface area contributed by atoms with Gasteiger partial charge in [0.25, 0.3) is 10.0 Å². The lowest BCUT2D eigenvalue weighted by Crippen LogP contribution is -2.52. The first-order valence-electron chi connectivity index (χ1n) is 12.8. The molecule has 0 bridgehead atoms. The zero-order valence-corrected chi connectivity index (χ0v) is 24.8. The topological polar surface area (TPSA) is 86.8 Å². The van der Waals surface area contributed by atoms with Crippen molar-refractivity contribution >= 4 is 39.1 Å². The molecular formula is C30H36ClN3O4S. The van der Waals surface area contributed by atoms with Crippen LogP contribution in [0.25, 0.3) is 0 Å². The van der Waals surface area contributed by atoms with Crippen molar-refractivity contribution in [1.82, 2.24) is 10.2 Å². The Bertz CT molecular complexity index is 1420. The highest BCUT2D eigenvalue weighted by atomic mass is 35.5. The van der Waals surface area contributed by atoms with E-state index < -0.39 is 28.5 Å². The van der Waals surface area contributed by atoms with Crippen LogP contribution < -0.4 is 9.62 Å². The van der Waals surface area contributed by atoms with Gasteiger partial charge in [-0.1, -0.05) is 65.2 Å². The summed E-state index contributed by atoms with van der Waals surface area (Å²) in [5.74, 6) is -0.839. The van der Waals surface area contributed by atoms with Gasteiger partial charge < -0.3 is 10.2 Å². The number of nitrogens with one attached hydrogen (secondary N) is 1. The van der Waals surface area contributed by atoms with Crippen LogP contribution >= 0.6 is 11.6 Å². The summed E-state index contributed by atoms with van der Waals surface area (Å²) >= 11 is 6.36. The highest BCUT2D eigenvalue weighted by Gasteiger charge is 2.33. The molecule has 0 aliphatic heterocycles. The fourth-order valence-electron chi connectivity index (χ4n) is 4.09. The minimum atomic E-state index is -4.16. The molecule has 0 aliphatic carbocycles. The van der Waals surface area contributed by atoms with Crippen molar-refractivity contribution < 1.29 is 18.0 Å². The van der Waals surface area contributed by atoms with E-state index in [2.05, 4.69) is 5.32 Å². The molecule has 0 aliphatic rings. The van der Waals surface area contributed by atoms with Crippen molar-refractivity contribution in [2.45, 2.75) is 65.1 Å². The van der Waals surface area contributed by atoms with Crippen LogP contribution in [0.3, 0.4) is 0 Å². The summed E-state index contributed by atoms with van der Waals surface area (Å²) in [7, 11) is -4.16. The SMILES string of the molecule is Cc1ccc(CN(C(=O)CN(c2cccc(Cl)c2C)S(=O)(=O)c2ccc(C)cc2)C(C)C(=O)NC(C)C)cc1. The third-order valence-electron chi connectivity index (χ3n) is 6.47. The molecule has 3 aromatic rings. The van der Waals surface area contributed by atoms with Crippen molar-refractivity contribution in [1.29, 1.82) is 0 Å². The fourth-order valence-corrected chi connectivity index (χ4v) is 5.74. The molecular weight excluding hydrogens is 534 g/mol. The first-order valence-corrected chi connectivity index (χ1v) is 14.6. The standard InChI is InChI=1S/C30H36ClN3O4S/c1-20(2)32-30(36)24(6)33(18-25-14-10-21(3)11-15-25)29(35)19-34(28-9-7-8-27(31)23(28)5)39(37,38)26-16-12-22(4)13-17-26/h7-17,20,24H,18-19H2,1-6H3,(H,32,36). The summed E-state index contributed by atoms with van der Waals surface area (Å²) < 4.78 is 29.0. The second-order valence-corrected chi connectivity index (χ2v) is 12.3. The Labute approximate surface area is 236 Å². The normalized spacial score (nSPS) is 12.2. The van der Waals surface area contributed by atoms with Crippen molar-refractivity contribution in [2.75, 3.05) is 10.8 Å². The van der Waals surface area contributed by atoms with Gasteiger partial charge in [-0.2, -0.15) is 0 Å². The number of amides is 2. The van der Waals surface area contributed by atoms with Crippen LogP contribution in [-0.2, 0) is 26.2 Å². The van der Waals surface area contributed by atoms with Crippen LogP contribution in [0, 0.1) is 20.8 Å². The Morgan fingerprint density at radius 2 is 1.44 bits per heavy atom. The molecule has 7 nitrogen and oxygen atoms in total. The number of hydrogen-bond acceptors (Lipinski definition) is 4. The summed E-state index contributed by atoms with van der Waals surface area (Å²) in [6, 6.07) is 18.1. The van der Waals surface area contributed by atoms with Gasteiger partial charge in [0, 0.05) is 17.6 Å². The van der Waals surface area contributed by atoms with Crippen molar-refractivity contribution in [3.05, 3.63) is 94.0 Å². The van der Waals surface area contributed by atoms with E-state index in [0.717, 1.165) is 21.0 Å². The first kappa shape index (κ1) is 30.2. The number of aryl methyl sites for hydroxylation is 2. The molecule has 0 fully saturated rings. The number of carbonyl (C=O) groups is 2. The second-order valence-electron chi connectivity index (χ2n) is 10.1. The molecule has 0 saturated carbocycles. The number of benzene rings is 3. The lowest BCUT2D eigenvalue weighted by atomic mass is 10.1. The Hall–Kier alpha value is -3.36. The number of rotatable bonds is 10. The molecule has 1 atom stereocenters. The number of sulfonamides is 1. The van der Waals surface area contributed by atoms with E-state index in [1.54, 1.807) is 44.2 Å². The van der Waals surface area contributed by atoms with Crippen LogP contribution in [0.5, 0.6) is 0 Å². The van der Waals surface area contributed by atoms with Gasteiger partial charge in [0.2, 0.25) is 11.8 Å². The van der Waals surface area contributed by atoms with E-state index in [0.29, 0.717) is 16.3 Å². The van der Waals surface area contributed by atoms with Crippen LogP contribution in [0.1, 0.15) is 43.0 Å². The molecule has 1 unspecified atom stereocenters. The Balaban J connectivity index is 2.07. The number of anilines is 1. The third kappa shape index (κ3) is 7.40. The smallest absolute Gasteiger partial charge is 0.264 e. The molecule has 0 radical (unpaired) electrons. The van der Waals surface area contributed by atoms with Gasteiger partial charge in [-0.25, -0.2) is 8.42 Å². The zero-order chi connectivity index (χ0) is 28.9. The average molecular weight is 570 g/mol. The van der Waals surface area contributed by atoms with Crippen LogP contribution in [0.4, 0.5) is 5.69 Å². The second kappa shape index (κ2) is 12.7. The average Bonchev–Trinajstić information content (AvgIpc) is 2.88. The minimum absolute atomic E-state index is 0.0518. The molecule has 39 heavy (non-hydrogen) atoms. The van der Waals surface area contributed by atoms with Gasteiger partial charge in [-0.15, -0.1) is 0 Å². The Kier molecular flexibility index (Phi) is 9.80. The van der Waals surface area contributed by atoms with E-state index in [9.17, 15) is 18.0 Å².